The Balaban J connectivity index is 1.37. The van der Waals surface area contributed by atoms with E-state index in [1.54, 1.807) is 6.20 Å². The maximum Gasteiger partial charge on any atom is 0.416 e. The average Bonchev–Trinajstić information content (AvgIpc) is 3.10. The first-order valence-electron chi connectivity index (χ1n) is 9.17. The van der Waals surface area contributed by atoms with E-state index in [2.05, 4.69) is 27.0 Å². The quantitative estimate of drug-likeness (QED) is 0.652. The minimum absolute atomic E-state index is 0.621. The number of alkyl halides is 3. The van der Waals surface area contributed by atoms with Gasteiger partial charge in [0.25, 0.3) is 0 Å². The van der Waals surface area contributed by atoms with Crippen LogP contribution in [0.3, 0.4) is 0 Å². The number of nitrogens with zero attached hydrogens (tertiary/aromatic N) is 2. The molecule has 6 heteroatoms. The van der Waals surface area contributed by atoms with Crippen molar-refractivity contribution < 1.29 is 13.2 Å². The van der Waals surface area contributed by atoms with Gasteiger partial charge in [-0.3, -0.25) is 4.90 Å². The van der Waals surface area contributed by atoms with Crippen molar-refractivity contribution in [2.45, 2.75) is 19.1 Å². The molecule has 0 radical (unpaired) electrons. The van der Waals surface area contributed by atoms with Crippen molar-refractivity contribution in [2.75, 3.05) is 13.1 Å². The maximum atomic E-state index is 12.6. The van der Waals surface area contributed by atoms with E-state index < -0.39 is 11.7 Å². The number of aromatic nitrogens is 2. The van der Waals surface area contributed by atoms with Gasteiger partial charge in [0, 0.05) is 37.4 Å². The van der Waals surface area contributed by atoms with Gasteiger partial charge in [-0.2, -0.15) is 13.2 Å². The molecule has 1 aromatic carbocycles. The number of aromatic amines is 1. The normalized spacial score (nSPS) is 16.0. The van der Waals surface area contributed by atoms with Gasteiger partial charge in [-0.15, -0.1) is 0 Å². The van der Waals surface area contributed by atoms with E-state index in [1.807, 2.05) is 24.4 Å². The largest absolute Gasteiger partial charge is 0.416 e. The Kier molecular flexibility index (Phi) is 5.05. The molecule has 0 amide bonds. The van der Waals surface area contributed by atoms with Crippen LogP contribution in [0.25, 0.3) is 17.1 Å². The molecule has 1 aliphatic heterocycles. The third kappa shape index (κ3) is 4.17. The van der Waals surface area contributed by atoms with E-state index in [0.29, 0.717) is 0 Å². The highest BCUT2D eigenvalue weighted by Crippen LogP contribution is 2.29. The molecule has 1 N–H and O–H groups in total. The molecule has 0 atom stereocenters. The number of H-pyrrole nitrogens is 1. The summed E-state index contributed by atoms with van der Waals surface area (Å²) >= 11 is 0. The zero-order chi connectivity index (χ0) is 19.6. The van der Waals surface area contributed by atoms with Crippen molar-refractivity contribution in [2.24, 2.45) is 0 Å². The lowest BCUT2D eigenvalue weighted by molar-refractivity contribution is -0.137. The van der Waals surface area contributed by atoms with Crippen molar-refractivity contribution in [1.29, 1.82) is 0 Å². The molecule has 0 bridgehead atoms. The van der Waals surface area contributed by atoms with Gasteiger partial charge in [-0.25, -0.2) is 4.98 Å². The Morgan fingerprint density at radius 2 is 1.93 bits per heavy atom. The summed E-state index contributed by atoms with van der Waals surface area (Å²) in [6, 6.07) is 9.26. The smallest absolute Gasteiger partial charge is 0.346 e. The minimum Gasteiger partial charge on any atom is -0.346 e. The number of allylic oxidation sites excluding steroid dienone is 1. The molecule has 28 heavy (non-hydrogen) atoms. The number of halogens is 3. The van der Waals surface area contributed by atoms with Crippen LogP contribution in [0.2, 0.25) is 0 Å². The van der Waals surface area contributed by atoms with Crippen LogP contribution < -0.4 is 0 Å². The van der Waals surface area contributed by atoms with Crippen LogP contribution >= 0.6 is 0 Å². The third-order valence-corrected chi connectivity index (χ3v) is 4.99. The number of fused-ring (bicyclic) bond motifs is 1. The lowest BCUT2D eigenvalue weighted by Gasteiger charge is -2.25. The average molecular weight is 383 g/mol. The summed E-state index contributed by atoms with van der Waals surface area (Å²) in [5.74, 6) is 0. The molecule has 1 aliphatic rings. The summed E-state index contributed by atoms with van der Waals surface area (Å²) in [5, 5.41) is 1.15. The fourth-order valence-corrected chi connectivity index (χ4v) is 3.39. The van der Waals surface area contributed by atoms with Crippen molar-refractivity contribution in [1.82, 2.24) is 14.9 Å². The van der Waals surface area contributed by atoms with E-state index in [9.17, 15) is 13.2 Å². The summed E-state index contributed by atoms with van der Waals surface area (Å²) in [4.78, 5) is 9.89. The number of nitrogens with one attached hydrogen (secondary N) is 1. The second-order valence-corrected chi connectivity index (χ2v) is 6.93. The van der Waals surface area contributed by atoms with Gasteiger partial charge in [-0.05, 0) is 47.4 Å². The lowest BCUT2D eigenvalue weighted by Crippen LogP contribution is -2.27. The molecule has 0 unspecified atom stereocenters. The highest BCUT2D eigenvalue weighted by molar-refractivity contribution is 5.79. The monoisotopic (exact) mass is 383 g/mol. The molecule has 0 spiro atoms. The molecule has 3 heterocycles. The van der Waals surface area contributed by atoms with E-state index >= 15 is 0 Å². The molecule has 4 rings (SSSR count). The van der Waals surface area contributed by atoms with Crippen molar-refractivity contribution in [3.05, 3.63) is 83.2 Å². The SMILES string of the molecule is FC(F)(F)c1ccc(C=CC2=CCN(Cc3c[nH]c4ncccc34)CC2)cc1. The maximum absolute atomic E-state index is 12.6. The standard InChI is InChI=1S/C22H20F3N3/c23-22(24,25)19-7-5-16(6-8-19)3-4-17-9-12-28(13-10-17)15-18-14-27-21-20(18)2-1-11-26-21/h1-9,11,14H,10,12-13,15H2,(H,26,27). The van der Waals surface area contributed by atoms with Crippen LogP contribution in [-0.2, 0) is 12.7 Å². The molecule has 0 saturated heterocycles. The topological polar surface area (TPSA) is 31.9 Å². The van der Waals surface area contributed by atoms with Crippen LogP contribution in [0.15, 0.2) is 66.5 Å². The highest BCUT2D eigenvalue weighted by atomic mass is 19.4. The second-order valence-electron chi connectivity index (χ2n) is 6.93. The summed E-state index contributed by atoms with van der Waals surface area (Å²) in [6.45, 7) is 2.65. The van der Waals surface area contributed by atoms with Gasteiger partial charge in [0.05, 0.1) is 5.56 Å². The molecule has 2 aromatic heterocycles. The first-order valence-corrected chi connectivity index (χ1v) is 9.17. The van der Waals surface area contributed by atoms with Gasteiger partial charge in [-0.1, -0.05) is 30.4 Å². The minimum atomic E-state index is -4.29. The van der Waals surface area contributed by atoms with E-state index in [4.69, 9.17) is 0 Å². The molecule has 0 fully saturated rings. The Labute approximate surface area is 161 Å². The lowest BCUT2D eigenvalue weighted by atomic mass is 10.0. The van der Waals surface area contributed by atoms with Crippen LogP contribution in [0.1, 0.15) is 23.1 Å². The number of pyridine rings is 1. The fraction of sp³-hybridized carbons (Fsp3) is 0.227. The van der Waals surface area contributed by atoms with Crippen molar-refractivity contribution >= 4 is 17.1 Å². The Hall–Kier alpha value is -2.86. The Morgan fingerprint density at radius 1 is 1.11 bits per heavy atom. The molecule has 3 nitrogen and oxygen atoms in total. The van der Waals surface area contributed by atoms with Crippen LogP contribution in [-0.4, -0.2) is 28.0 Å². The van der Waals surface area contributed by atoms with E-state index in [0.717, 1.165) is 54.8 Å². The molecule has 144 valence electrons. The van der Waals surface area contributed by atoms with Gasteiger partial charge >= 0.3 is 6.18 Å². The first kappa shape index (κ1) is 18.5. The number of rotatable bonds is 4. The van der Waals surface area contributed by atoms with Crippen molar-refractivity contribution in [3.8, 4) is 0 Å². The van der Waals surface area contributed by atoms with Gasteiger partial charge < -0.3 is 4.98 Å². The fourth-order valence-electron chi connectivity index (χ4n) is 3.39. The van der Waals surface area contributed by atoms with Gasteiger partial charge in [0.1, 0.15) is 5.65 Å². The zero-order valence-corrected chi connectivity index (χ0v) is 15.2. The highest BCUT2D eigenvalue weighted by Gasteiger charge is 2.29. The van der Waals surface area contributed by atoms with Crippen LogP contribution in [0, 0.1) is 0 Å². The molecule has 3 aromatic rings. The van der Waals surface area contributed by atoms with Gasteiger partial charge in [0.2, 0.25) is 0 Å². The van der Waals surface area contributed by atoms with Crippen LogP contribution in [0.5, 0.6) is 0 Å². The zero-order valence-electron chi connectivity index (χ0n) is 15.2. The molecular weight excluding hydrogens is 363 g/mol. The predicted molar refractivity (Wildman–Crippen MR) is 105 cm³/mol. The molecule has 0 aliphatic carbocycles. The molecule has 0 saturated carbocycles. The van der Waals surface area contributed by atoms with E-state index in [1.165, 1.54) is 23.3 Å². The Morgan fingerprint density at radius 3 is 2.64 bits per heavy atom. The predicted octanol–water partition coefficient (Wildman–Crippen LogP) is 5.43. The second kappa shape index (κ2) is 7.64. The van der Waals surface area contributed by atoms with Gasteiger partial charge in [0.15, 0.2) is 0 Å². The van der Waals surface area contributed by atoms with E-state index in [-0.39, 0.29) is 0 Å². The third-order valence-electron chi connectivity index (χ3n) is 4.99. The molecular formula is C22H20F3N3. The first-order chi connectivity index (χ1) is 13.5. The summed E-state index contributed by atoms with van der Waals surface area (Å²) < 4.78 is 37.9. The summed E-state index contributed by atoms with van der Waals surface area (Å²) in [7, 11) is 0. The number of benzene rings is 1. The summed E-state index contributed by atoms with van der Waals surface area (Å²) in [6.07, 6.45) is 6.46. The summed E-state index contributed by atoms with van der Waals surface area (Å²) in [5.41, 5.74) is 3.49. The Bertz CT molecular complexity index is 1010. The number of hydrogen-bond donors (Lipinski definition) is 1. The number of hydrogen-bond acceptors (Lipinski definition) is 2. The van der Waals surface area contributed by atoms with Crippen molar-refractivity contribution in [3.63, 3.8) is 0 Å². The van der Waals surface area contributed by atoms with Crippen LogP contribution in [0.4, 0.5) is 13.2 Å².